The van der Waals surface area contributed by atoms with E-state index in [1.54, 1.807) is 47.8 Å². The number of amides is 1. The lowest BCUT2D eigenvalue weighted by Gasteiger charge is -2.25. The second-order valence-electron chi connectivity index (χ2n) is 11.5. The Morgan fingerprint density at radius 3 is 2.58 bits per heavy atom. The van der Waals surface area contributed by atoms with Crippen molar-refractivity contribution in [2.75, 3.05) is 39.9 Å². The van der Waals surface area contributed by atoms with Crippen LogP contribution < -0.4 is 15.0 Å². The van der Waals surface area contributed by atoms with E-state index >= 15 is 0 Å². The number of benzene rings is 2. The van der Waals surface area contributed by atoms with Gasteiger partial charge in [0.15, 0.2) is 11.5 Å². The minimum atomic E-state index is -3.38. The summed E-state index contributed by atoms with van der Waals surface area (Å²) < 4.78 is 43.1. The number of imidazole rings is 1. The molecule has 3 heterocycles. The van der Waals surface area contributed by atoms with Gasteiger partial charge in [0.05, 0.1) is 36.2 Å². The molecule has 13 heteroatoms. The average molecular weight is 635 g/mol. The number of hydrogen-bond acceptors (Lipinski definition) is 8. The number of methoxy groups -OCH3 is 1. The summed E-state index contributed by atoms with van der Waals surface area (Å²) in [5.74, 6) is 1.69. The highest BCUT2D eigenvalue weighted by atomic mass is 32.2. The van der Waals surface area contributed by atoms with Crippen molar-refractivity contribution in [3.05, 3.63) is 71.0 Å². The summed E-state index contributed by atoms with van der Waals surface area (Å²) >= 11 is 0. The molecule has 1 aliphatic carbocycles. The normalized spacial score (nSPS) is 17.3. The number of carbonyl (C=O) groups excluding carboxylic acids is 1. The van der Waals surface area contributed by atoms with Crippen LogP contribution in [0.4, 0.5) is 0 Å². The third-order valence-electron chi connectivity index (χ3n) is 8.40. The molecule has 4 aromatic rings. The van der Waals surface area contributed by atoms with Gasteiger partial charge in [0.1, 0.15) is 5.82 Å². The van der Waals surface area contributed by atoms with Crippen molar-refractivity contribution in [2.24, 2.45) is 7.05 Å². The lowest BCUT2D eigenvalue weighted by Crippen LogP contribution is -2.37. The highest BCUT2D eigenvalue weighted by Crippen LogP contribution is 2.33. The largest absolute Gasteiger partial charge is 0.493 e. The van der Waals surface area contributed by atoms with Gasteiger partial charge in [-0.25, -0.2) is 22.7 Å². The second-order valence-corrected chi connectivity index (χ2v) is 13.8. The van der Waals surface area contributed by atoms with Crippen LogP contribution in [0.2, 0.25) is 0 Å². The number of aryl methyl sites for hydroxylation is 1. The van der Waals surface area contributed by atoms with E-state index in [-0.39, 0.29) is 16.7 Å². The molecular weight excluding hydrogens is 596 g/mol. The topological polar surface area (TPSA) is 129 Å². The van der Waals surface area contributed by atoms with E-state index in [4.69, 9.17) is 9.47 Å². The fourth-order valence-corrected chi connectivity index (χ4v) is 7.63. The van der Waals surface area contributed by atoms with E-state index in [9.17, 15) is 18.0 Å². The van der Waals surface area contributed by atoms with Crippen LogP contribution in [0.5, 0.6) is 11.5 Å². The van der Waals surface area contributed by atoms with Crippen LogP contribution >= 0.6 is 0 Å². The molecule has 6 rings (SSSR count). The van der Waals surface area contributed by atoms with Gasteiger partial charge in [-0.1, -0.05) is 0 Å². The predicted molar refractivity (Wildman–Crippen MR) is 170 cm³/mol. The van der Waals surface area contributed by atoms with Crippen molar-refractivity contribution < 1.29 is 22.7 Å². The number of sulfonamides is 1. The maximum Gasteiger partial charge on any atom is 0.260 e. The first kappa shape index (κ1) is 30.8. The molecule has 0 radical (unpaired) electrons. The maximum absolute atomic E-state index is 13.9. The molecular formula is C32H38N6O6S. The van der Waals surface area contributed by atoms with Crippen molar-refractivity contribution in [1.29, 1.82) is 0 Å². The van der Waals surface area contributed by atoms with Crippen LogP contribution in [0.15, 0.2) is 59.9 Å². The zero-order chi connectivity index (χ0) is 31.6. The Kier molecular flexibility index (Phi) is 8.90. The number of nitrogens with zero attached hydrogens (tertiary/aromatic N) is 6. The molecule has 0 N–H and O–H groups in total. The van der Waals surface area contributed by atoms with E-state index in [0.717, 1.165) is 11.4 Å². The van der Waals surface area contributed by atoms with Gasteiger partial charge in [-0.15, -0.1) is 0 Å². The van der Waals surface area contributed by atoms with Crippen LogP contribution in [-0.4, -0.2) is 87.8 Å². The highest BCUT2D eigenvalue weighted by molar-refractivity contribution is 7.90. The van der Waals surface area contributed by atoms with E-state index in [1.807, 2.05) is 29.0 Å². The number of hydrogen-bond donors (Lipinski definition) is 0. The van der Waals surface area contributed by atoms with Gasteiger partial charge in [-0.3, -0.25) is 9.59 Å². The number of rotatable bonds is 4. The standard InChI is InChI=1S/C32H38N6O6S/c1-35-22-34-27-20-24(6-10-26(27)32(35)40)31(39)37-13-3-4-14-38(45(41,42)25-8-9-25)15-5-19-44-29-21-23(7-11-28(29)43-2)30-33-12-16-36(30)17-18-37/h6-7,10-12,16,20-22,25H,3-5,8-9,13-15,17-19H2,1-2H3. The summed E-state index contributed by atoms with van der Waals surface area (Å²) in [6.45, 7) is 2.40. The molecule has 2 bridgehead atoms. The first-order valence-electron chi connectivity index (χ1n) is 15.3. The third kappa shape index (κ3) is 6.59. The van der Waals surface area contributed by atoms with E-state index in [1.165, 1.54) is 10.9 Å². The third-order valence-corrected chi connectivity index (χ3v) is 10.8. The van der Waals surface area contributed by atoms with Crippen LogP contribution in [0.3, 0.4) is 0 Å². The van der Waals surface area contributed by atoms with Crippen LogP contribution in [0.1, 0.15) is 42.5 Å². The van der Waals surface area contributed by atoms with Gasteiger partial charge >= 0.3 is 0 Å². The fourth-order valence-electron chi connectivity index (χ4n) is 5.70. The quantitative estimate of drug-likeness (QED) is 0.335. The average Bonchev–Trinajstić information content (AvgIpc) is 3.81. The molecule has 1 fully saturated rings. The van der Waals surface area contributed by atoms with Crippen molar-refractivity contribution in [3.8, 4) is 22.9 Å². The summed E-state index contributed by atoms with van der Waals surface area (Å²) in [5, 5.41) is 0.145. The molecule has 0 atom stereocenters. The smallest absolute Gasteiger partial charge is 0.260 e. The molecule has 0 saturated heterocycles. The van der Waals surface area contributed by atoms with Gasteiger partial charge < -0.3 is 23.5 Å². The minimum absolute atomic E-state index is 0.176. The molecule has 1 amide bonds. The lowest BCUT2D eigenvalue weighted by molar-refractivity contribution is 0.0746. The maximum atomic E-state index is 13.9. The Bertz CT molecular complexity index is 1870. The number of aromatic nitrogens is 4. The van der Waals surface area contributed by atoms with Crippen molar-refractivity contribution >= 4 is 26.8 Å². The monoisotopic (exact) mass is 634 g/mol. The van der Waals surface area contributed by atoms with Crippen molar-refractivity contribution in [2.45, 2.75) is 43.9 Å². The Labute approximate surface area is 262 Å². The highest BCUT2D eigenvalue weighted by Gasteiger charge is 2.39. The number of fused-ring (bicyclic) bond motifs is 5. The predicted octanol–water partition coefficient (Wildman–Crippen LogP) is 3.30. The lowest BCUT2D eigenvalue weighted by atomic mass is 10.1. The zero-order valence-corrected chi connectivity index (χ0v) is 26.4. The Balaban J connectivity index is 1.30. The Hall–Kier alpha value is -4.23. The molecule has 0 unspecified atom stereocenters. The van der Waals surface area contributed by atoms with Gasteiger partial charge in [0.2, 0.25) is 10.0 Å². The van der Waals surface area contributed by atoms with Gasteiger partial charge in [-0.2, -0.15) is 0 Å². The molecule has 0 spiro atoms. The minimum Gasteiger partial charge on any atom is -0.493 e. The molecule has 1 aliphatic heterocycles. The second kappa shape index (κ2) is 13.0. The van der Waals surface area contributed by atoms with Crippen molar-refractivity contribution in [1.82, 2.24) is 28.3 Å². The SMILES string of the molecule is COc1ccc2cc1OCCCN(S(=O)(=O)C1CC1)CCCCN(C(=O)c1ccc3c(=O)n(C)cnc3c1)CCn1ccnc1-2. The van der Waals surface area contributed by atoms with Gasteiger partial charge in [0, 0.05) is 63.3 Å². The molecule has 1 saturated carbocycles. The first-order chi connectivity index (χ1) is 21.8. The van der Waals surface area contributed by atoms with E-state index < -0.39 is 10.0 Å². The molecule has 45 heavy (non-hydrogen) atoms. The summed E-state index contributed by atoms with van der Waals surface area (Å²) in [7, 11) is -0.160. The van der Waals surface area contributed by atoms with E-state index in [0.29, 0.717) is 99.4 Å². The zero-order valence-electron chi connectivity index (χ0n) is 25.6. The molecule has 12 nitrogen and oxygen atoms in total. The van der Waals surface area contributed by atoms with Gasteiger partial charge in [-0.05, 0) is 68.5 Å². The number of carbonyl (C=O) groups is 1. The van der Waals surface area contributed by atoms with Crippen LogP contribution in [-0.2, 0) is 23.6 Å². The molecule has 2 aromatic carbocycles. The van der Waals surface area contributed by atoms with E-state index in [2.05, 4.69) is 9.97 Å². The molecule has 2 aliphatic rings. The van der Waals surface area contributed by atoms with Crippen LogP contribution in [0.25, 0.3) is 22.3 Å². The number of ether oxygens (including phenoxy) is 2. The van der Waals surface area contributed by atoms with Crippen LogP contribution in [0, 0.1) is 0 Å². The Morgan fingerprint density at radius 1 is 0.978 bits per heavy atom. The summed E-state index contributed by atoms with van der Waals surface area (Å²) in [4.78, 5) is 37.2. The molecule has 238 valence electrons. The first-order valence-corrected chi connectivity index (χ1v) is 16.8. The summed E-state index contributed by atoms with van der Waals surface area (Å²) in [5.41, 5.74) is 1.56. The summed E-state index contributed by atoms with van der Waals surface area (Å²) in [6.07, 6.45) is 8.22. The Morgan fingerprint density at radius 2 is 1.78 bits per heavy atom. The van der Waals surface area contributed by atoms with Gasteiger partial charge in [0.25, 0.3) is 11.5 Å². The fraction of sp³-hybridized carbons (Fsp3) is 0.438. The molecule has 2 aromatic heterocycles. The van der Waals surface area contributed by atoms with Crippen molar-refractivity contribution in [3.63, 3.8) is 0 Å². The summed E-state index contributed by atoms with van der Waals surface area (Å²) in [6, 6.07) is 10.6.